The molecular weight excluding hydrogens is 302 g/mol. The Kier molecular flexibility index (Phi) is 4.65. The molecule has 1 heterocycles. The normalized spacial score (nSPS) is 16.2. The number of benzene rings is 2. The average molecular weight is 323 g/mol. The van der Waals surface area contributed by atoms with Gasteiger partial charge in [-0.3, -0.25) is 9.59 Å². The summed E-state index contributed by atoms with van der Waals surface area (Å²) in [5, 5.41) is 0. The van der Waals surface area contributed by atoms with Crippen LogP contribution in [0.25, 0.3) is 0 Å². The third-order valence-corrected chi connectivity index (χ3v) is 4.27. The molecule has 3 rings (SSSR count). The summed E-state index contributed by atoms with van der Waals surface area (Å²) in [6.45, 7) is 4.60. The van der Waals surface area contributed by atoms with Gasteiger partial charge in [0.1, 0.15) is 0 Å². The lowest BCUT2D eigenvalue weighted by atomic mass is 9.96. The third kappa shape index (κ3) is 3.18. The topological polar surface area (TPSA) is 46.6 Å². The van der Waals surface area contributed by atoms with Crippen molar-refractivity contribution in [1.82, 2.24) is 0 Å². The molecule has 0 aromatic heterocycles. The molecule has 24 heavy (non-hydrogen) atoms. The highest BCUT2D eigenvalue weighted by molar-refractivity contribution is 6.06. The van der Waals surface area contributed by atoms with Crippen LogP contribution in [0.3, 0.4) is 0 Å². The van der Waals surface area contributed by atoms with Gasteiger partial charge < -0.3 is 9.64 Å². The average Bonchev–Trinajstić information content (AvgIpc) is 2.81. The minimum absolute atomic E-state index is 0.0347. The van der Waals surface area contributed by atoms with Gasteiger partial charge >= 0.3 is 5.97 Å². The van der Waals surface area contributed by atoms with Gasteiger partial charge in [-0.1, -0.05) is 48.0 Å². The molecule has 1 unspecified atom stereocenters. The first-order valence-electron chi connectivity index (χ1n) is 8.21. The van der Waals surface area contributed by atoms with E-state index in [2.05, 4.69) is 0 Å². The number of esters is 1. The van der Waals surface area contributed by atoms with Gasteiger partial charge in [-0.25, -0.2) is 0 Å². The molecule has 4 nitrogen and oxygen atoms in total. The first-order chi connectivity index (χ1) is 11.6. The van der Waals surface area contributed by atoms with Gasteiger partial charge in [0.2, 0.25) is 5.91 Å². The number of nitrogens with zero attached hydrogens (tertiary/aromatic N) is 1. The van der Waals surface area contributed by atoms with Crippen LogP contribution in [0, 0.1) is 6.92 Å². The quantitative estimate of drug-likeness (QED) is 0.790. The maximum absolute atomic E-state index is 12.9. The van der Waals surface area contributed by atoms with E-state index in [0.29, 0.717) is 13.2 Å². The van der Waals surface area contributed by atoms with Gasteiger partial charge in [0, 0.05) is 5.69 Å². The number of ether oxygens (including phenoxy) is 1. The second-order valence-corrected chi connectivity index (χ2v) is 6.03. The number of rotatable bonds is 5. The van der Waals surface area contributed by atoms with Crippen LogP contribution in [-0.4, -0.2) is 18.5 Å². The van der Waals surface area contributed by atoms with Crippen molar-refractivity contribution in [2.75, 3.05) is 11.5 Å². The number of anilines is 1. The molecule has 0 saturated carbocycles. The zero-order valence-electron chi connectivity index (χ0n) is 14.0. The van der Waals surface area contributed by atoms with Crippen molar-refractivity contribution in [3.8, 4) is 0 Å². The van der Waals surface area contributed by atoms with Crippen molar-refractivity contribution in [1.29, 1.82) is 0 Å². The number of carbonyl (C=O) groups is 2. The fourth-order valence-corrected chi connectivity index (χ4v) is 3.15. The van der Waals surface area contributed by atoms with Gasteiger partial charge in [-0.05, 0) is 31.0 Å². The molecule has 0 fully saturated rings. The number of aryl methyl sites for hydroxylation is 1. The predicted molar refractivity (Wildman–Crippen MR) is 92.8 cm³/mol. The van der Waals surface area contributed by atoms with Crippen molar-refractivity contribution in [3.05, 3.63) is 65.2 Å². The molecule has 2 aromatic rings. The van der Waals surface area contributed by atoms with E-state index < -0.39 is 5.92 Å². The number of carbonyl (C=O) groups excluding carboxylic acids is 2. The summed E-state index contributed by atoms with van der Waals surface area (Å²) in [4.78, 5) is 26.6. The van der Waals surface area contributed by atoms with E-state index in [4.69, 9.17) is 4.74 Å². The molecule has 0 N–H and O–H groups in total. The number of hydrogen-bond acceptors (Lipinski definition) is 3. The van der Waals surface area contributed by atoms with Crippen molar-refractivity contribution in [2.24, 2.45) is 0 Å². The van der Waals surface area contributed by atoms with Crippen molar-refractivity contribution >= 4 is 17.6 Å². The molecule has 124 valence electrons. The fourth-order valence-electron chi connectivity index (χ4n) is 3.15. The van der Waals surface area contributed by atoms with Crippen LogP contribution in [0.4, 0.5) is 5.69 Å². The molecule has 1 atom stereocenters. The Labute approximate surface area is 142 Å². The molecule has 0 aliphatic carbocycles. The largest absolute Gasteiger partial charge is 0.466 e. The lowest BCUT2D eigenvalue weighted by Gasteiger charge is -2.18. The number of fused-ring (bicyclic) bond motifs is 1. The zero-order chi connectivity index (χ0) is 17.1. The molecular formula is C20H21NO3. The van der Waals surface area contributed by atoms with Crippen molar-refractivity contribution in [2.45, 2.75) is 32.7 Å². The molecule has 4 heteroatoms. The van der Waals surface area contributed by atoms with Crippen LogP contribution in [0.1, 0.15) is 36.0 Å². The van der Waals surface area contributed by atoms with Gasteiger partial charge in [0.05, 0.1) is 25.5 Å². The summed E-state index contributed by atoms with van der Waals surface area (Å²) >= 11 is 0. The fraction of sp³-hybridized carbons (Fsp3) is 0.300. The molecule has 0 saturated heterocycles. The van der Waals surface area contributed by atoms with Crippen molar-refractivity contribution in [3.63, 3.8) is 0 Å². The minimum atomic E-state index is -0.456. The molecule has 0 bridgehead atoms. The summed E-state index contributed by atoms with van der Waals surface area (Å²) in [7, 11) is 0. The van der Waals surface area contributed by atoms with E-state index in [1.54, 1.807) is 11.8 Å². The second-order valence-electron chi connectivity index (χ2n) is 6.03. The third-order valence-electron chi connectivity index (χ3n) is 4.27. The maximum Gasteiger partial charge on any atom is 0.306 e. The van der Waals surface area contributed by atoms with Crippen LogP contribution in [0.15, 0.2) is 48.5 Å². The first kappa shape index (κ1) is 16.2. The SMILES string of the molecule is CCOC(=O)CC1C(=O)N(Cc2ccccc2)c2ccc(C)cc21. The lowest BCUT2D eigenvalue weighted by Crippen LogP contribution is -2.29. The first-order valence-corrected chi connectivity index (χ1v) is 8.21. The summed E-state index contributed by atoms with van der Waals surface area (Å²) < 4.78 is 5.04. The zero-order valence-corrected chi connectivity index (χ0v) is 14.0. The van der Waals surface area contributed by atoms with E-state index in [-0.39, 0.29) is 18.3 Å². The van der Waals surface area contributed by atoms with Gasteiger partial charge in [0.15, 0.2) is 0 Å². The Morgan fingerprint density at radius 2 is 1.92 bits per heavy atom. The lowest BCUT2D eigenvalue weighted by molar-refractivity contribution is -0.144. The standard InChI is InChI=1S/C20H21NO3/c1-3-24-19(22)12-17-16-11-14(2)9-10-18(16)21(20(17)23)13-15-7-5-4-6-8-15/h4-11,17H,3,12-13H2,1-2H3. The summed E-state index contributed by atoms with van der Waals surface area (Å²) in [5.41, 5.74) is 3.96. The molecule has 0 radical (unpaired) electrons. The Balaban J connectivity index is 1.92. The monoisotopic (exact) mass is 323 g/mol. The predicted octanol–water partition coefficient (Wildman–Crippen LogP) is 3.58. The smallest absolute Gasteiger partial charge is 0.306 e. The Bertz CT molecular complexity index is 755. The van der Waals surface area contributed by atoms with E-state index in [1.165, 1.54) is 0 Å². The van der Waals surface area contributed by atoms with Crippen LogP contribution >= 0.6 is 0 Å². The van der Waals surface area contributed by atoms with Crippen molar-refractivity contribution < 1.29 is 14.3 Å². The van der Waals surface area contributed by atoms with E-state index in [1.807, 2.05) is 55.5 Å². The molecule has 0 spiro atoms. The highest BCUT2D eigenvalue weighted by Gasteiger charge is 2.38. The Morgan fingerprint density at radius 3 is 2.62 bits per heavy atom. The second kappa shape index (κ2) is 6.87. The molecule has 2 aromatic carbocycles. The highest BCUT2D eigenvalue weighted by Crippen LogP contribution is 2.40. The Morgan fingerprint density at radius 1 is 1.17 bits per heavy atom. The number of amides is 1. The van der Waals surface area contributed by atoms with Crippen LogP contribution in [0.2, 0.25) is 0 Å². The molecule has 1 aliphatic rings. The number of hydrogen-bond donors (Lipinski definition) is 0. The Hall–Kier alpha value is -2.62. The summed E-state index contributed by atoms with van der Waals surface area (Å²) in [6, 6.07) is 15.8. The van der Waals surface area contributed by atoms with Gasteiger partial charge in [0.25, 0.3) is 0 Å². The summed E-state index contributed by atoms with van der Waals surface area (Å²) in [5.74, 6) is -0.819. The molecule has 1 amide bonds. The van der Waals surface area contributed by atoms with E-state index in [9.17, 15) is 9.59 Å². The molecule has 1 aliphatic heterocycles. The van der Waals surface area contributed by atoms with Crippen LogP contribution < -0.4 is 4.90 Å². The van der Waals surface area contributed by atoms with Gasteiger partial charge in [-0.2, -0.15) is 0 Å². The van der Waals surface area contributed by atoms with E-state index in [0.717, 1.165) is 22.4 Å². The van der Waals surface area contributed by atoms with Crippen LogP contribution in [-0.2, 0) is 20.9 Å². The van der Waals surface area contributed by atoms with Crippen LogP contribution in [0.5, 0.6) is 0 Å². The summed E-state index contributed by atoms with van der Waals surface area (Å²) in [6.07, 6.45) is 0.0917. The maximum atomic E-state index is 12.9. The van der Waals surface area contributed by atoms with E-state index >= 15 is 0 Å². The highest BCUT2D eigenvalue weighted by atomic mass is 16.5. The van der Waals surface area contributed by atoms with Gasteiger partial charge in [-0.15, -0.1) is 0 Å². The minimum Gasteiger partial charge on any atom is -0.466 e.